The predicted octanol–water partition coefficient (Wildman–Crippen LogP) is 37.9. The van der Waals surface area contributed by atoms with Crippen molar-refractivity contribution < 1.29 is 0 Å². The van der Waals surface area contributed by atoms with E-state index in [1.54, 1.807) is 11.1 Å². The van der Waals surface area contributed by atoms with Crippen molar-refractivity contribution in [3.8, 4) is 11.1 Å². The average Bonchev–Trinajstić information content (AvgIpc) is 1.56. The molecule has 12 aromatic carbocycles. The van der Waals surface area contributed by atoms with E-state index >= 15 is 0 Å². The Morgan fingerprint density at radius 3 is 0.573 bits per heavy atom. The number of nitrogens with zero attached hydrogens (tertiary/aromatic N) is 4. The fourth-order valence-corrected chi connectivity index (χ4v) is 21.5. The third-order valence-electron chi connectivity index (χ3n) is 28.9. The Balaban J connectivity index is 0.653. The molecule has 0 saturated heterocycles. The Labute approximate surface area is 795 Å². The summed E-state index contributed by atoms with van der Waals surface area (Å²) in [5, 5.41) is 0. The van der Waals surface area contributed by atoms with Crippen LogP contribution >= 0.6 is 0 Å². The summed E-state index contributed by atoms with van der Waals surface area (Å²) >= 11 is 0. The highest BCUT2D eigenvalue weighted by atomic mass is 15.2. The van der Waals surface area contributed by atoms with E-state index in [4.69, 9.17) is 0 Å². The van der Waals surface area contributed by atoms with Crippen molar-refractivity contribution in [1.29, 1.82) is 0 Å². The maximum absolute atomic E-state index is 2.56. The quantitative estimate of drug-likeness (QED) is 0.0416. The molecule has 690 valence electrons. The molecule has 12 aromatic rings. The maximum atomic E-state index is 2.56. The number of hydrogen-bond donors (Lipinski definition) is 0. The van der Waals surface area contributed by atoms with Crippen LogP contribution in [0.1, 0.15) is 348 Å². The highest BCUT2D eigenvalue weighted by Crippen LogP contribution is 2.56. The zero-order chi connectivity index (χ0) is 95.1. The van der Waals surface area contributed by atoms with E-state index in [1.807, 2.05) is 0 Å². The number of unbranched alkanes of at least 4 members (excludes halogenated alkanes) is 10. The average molecular weight is 1740 g/mol. The molecule has 131 heavy (non-hydrogen) atoms. The van der Waals surface area contributed by atoms with Crippen LogP contribution in [0.15, 0.2) is 206 Å². The Hall–Kier alpha value is -10.2. The smallest absolute Gasteiger partial charge is 0.0520 e. The lowest BCUT2D eigenvalue weighted by molar-refractivity contribution is 0.397. The minimum atomic E-state index is 0.0316. The van der Waals surface area contributed by atoms with Crippen molar-refractivity contribution in [2.75, 3.05) is 19.6 Å². The number of benzene rings is 12. The molecule has 0 fully saturated rings. The third-order valence-corrected chi connectivity index (χ3v) is 28.9. The first kappa shape index (κ1) is 98.3. The second kappa shape index (κ2) is 39.2. The first-order valence-corrected chi connectivity index (χ1v) is 50.0. The van der Waals surface area contributed by atoms with E-state index in [0.717, 1.165) is 35.6 Å². The van der Waals surface area contributed by atoms with Gasteiger partial charge in [0, 0.05) is 39.5 Å². The number of rotatable bonds is 30. The molecular formula is C127H162N4. The lowest BCUT2D eigenvalue weighted by Gasteiger charge is -2.34. The van der Waals surface area contributed by atoms with Crippen LogP contribution in [-0.2, 0) is 50.7 Å². The van der Waals surface area contributed by atoms with Crippen molar-refractivity contribution in [3.05, 3.63) is 340 Å². The molecule has 0 unspecified atom stereocenters. The van der Waals surface area contributed by atoms with E-state index in [0.29, 0.717) is 0 Å². The van der Waals surface area contributed by atoms with Gasteiger partial charge in [-0.3, -0.25) is 0 Å². The summed E-state index contributed by atoms with van der Waals surface area (Å²) in [6.45, 7) is 74.1. The number of hydrogen-bond acceptors (Lipinski definition) is 4. The molecule has 0 N–H and O–H groups in total. The zero-order valence-corrected chi connectivity index (χ0v) is 87.2. The van der Waals surface area contributed by atoms with Crippen molar-refractivity contribution in [3.63, 3.8) is 0 Å². The molecular weight excluding hydrogens is 1580 g/mol. The van der Waals surface area contributed by atoms with Gasteiger partial charge in [0.05, 0.1) is 34.1 Å². The normalized spacial score (nSPS) is 13.0. The van der Waals surface area contributed by atoms with Gasteiger partial charge in [0.2, 0.25) is 0 Å². The van der Waals surface area contributed by atoms with Gasteiger partial charge in [-0.15, -0.1) is 0 Å². The van der Waals surface area contributed by atoms with Crippen LogP contribution in [0.5, 0.6) is 0 Å². The number of fused-ring (bicyclic) bond motifs is 3. The van der Waals surface area contributed by atoms with Crippen molar-refractivity contribution in [2.24, 2.45) is 0 Å². The molecule has 0 aliphatic heterocycles. The van der Waals surface area contributed by atoms with Crippen LogP contribution in [0.3, 0.4) is 0 Å². The van der Waals surface area contributed by atoms with Gasteiger partial charge in [-0.1, -0.05) is 333 Å². The summed E-state index contributed by atoms with van der Waals surface area (Å²) in [5.74, 6) is 0. The summed E-state index contributed by atoms with van der Waals surface area (Å²) in [7, 11) is 0. The van der Waals surface area contributed by atoms with Crippen LogP contribution in [0, 0.1) is 96.9 Å². The summed E-state index contributed by atoms with van der Waals surface area (Å²) in [6.07, 6.45) is 19.7. The molecule has 0 amide bonds. The third kappa shape index (κ3) is 21.9. The summed E-state index contributed by atoms with van der Waals surface area (Å²) in [6, 6.07) is 82.0. The van der Waals surface area contributed by atoms with Gasteiger partial charge in [0.25, 0.3) is 0 Å². The van der Waals surface area contributed by atoms with E-state index in [-0.39, 0.29) is 37.9 Å². The first-order valence-electron chi connectivity index (χ1n) is 50.0. The molecule has 1 aliphatic rings. The van der Waals surface area contributed by atoms with E-state index in [9.17, 15) is 0 Å². The van der Waals surface area contributed by atoms with Crippen molar-refractivity contribution in [1.82, 2.24) is 0 Å². The minimum Gasteiger partial charge on any atom is -0.310 e. The Morgan fingerprint density at radius 1 is 0.191 bits per heavy atom. The van der Waals surface area contributed by atoms with Crippen LogP contribution in [0.2, 0.25) is 0 Å². The largest absolute Gasteiger partial charge is 0.310 e. The lowest BCUT2D eigenvalue weighted by Crippen LogP contribution is -2.25. The molecule has 4 heteroatoms. The summed E-state index contributed by atoms with van der Waals surface area (Å²) in [4.78, 5) is 10.2. The van der Waals surface area contributed by atoms with Crippen LogP contribution in [0.4, 0.5) is 68.2 Å². The summed E-state index contributed by atoms with van der Waals surface area (Å²) < 4.78 is 0. The molecule has 0 heterocycles. The SMILES string of the molecule is Cc1ccc2c(c1)-c1cc(C)ccc1C2(CCCCCCCCc1ccc(N(c2ccc(N(c3c(C)cc(C(C)(C)C)cc3C)c3c(C)cc(C(C)(C)C)cc3C)cc2)c2c(C)cc(C(C)(C)C)cc2C)cc1)CCCCCCCCc1ccc(N(c2ccc(N(c3c(C)cc(C(C)(C)C)cc3C)c3c(C)cc(C(C)(C)C)cc3C)cc2)c2c(C)cc(C(C)(C)C)cc2C)cc1. The van der Waals surface area contributed by atoms with E-state index in [2.05, 4.69) is 447 Å². The van der Waals surface area contributed by atoms with Gasteiger partial charge < -0.3 is 19.6 Å². The monoisotopic (exact) mass is 1740 g/mol. The topological polar surface area (TPSA) is 13.0 Å². The molecule has 1 aliphatic carbocycles. The molecule has 0 radical (unpaired) electrons. The molecule has 0 aromatic heterocycles. The second-order valence-electron chi connectivity index (χ2n) is 46.4. The van der Waals surface area contributed by atoms with Crippen LogP contribution < -0.4 is 19.6 Å². The lowest BCUT2D eigenvalue weighted by atomic mass is 9.70. The van der Waals surface area contributed by atoms with Crippen LogP contribution in [0.25, 0.3) is 11.1 Å². The second-order valence-corrected chi connectivity index (χ2v) is 46.4. The fourth-order valence-electron chi connectivity index (χ4n) is 21.5. The minimum absolute atomic E-state index is 0.0316. The molecule has 0 bridgehead atoms. The first-order chi connectivity index (χ1) is 61.5. The van der Waals surface area contributed by atoms with Crippen molar-refractivity contribution in [2.45, 2.75) is 362 Å². The molecule has 13 rings (SSSR count). The Morgan fingerprint density at radius 2 is 0.366 bits per heavy atom. The molecule has 0 saturated carbocycles. The summed E-state index contributed by atoms with van der Waals surface area (Å²) in [5.41, 5.74) is 50.1. The van der Waals surface area contributed by atoms with E-state index in [1.165, 1.54) is 269 Å². The molecule has 0 spiro atoms. The highest BCUT2D eigenvalue weighted by Gasteiger charge is 2.43. The van der Waals surface area contributed by atoms with Gasteiger partial charge in [0.1, 0.15) is 0 Å². The van der Waals surface area contributed by atoms with Crippen LogP contribution in [-0.4, -0.2) is 0 Å². The van der Waals surface area contributed by atoms with Gasteiger partial charge in [0.15, 0.2) is 0 Å². The fraction of sp³-hybridized carbons (Fsp3) is 0.433. The number of aryl methyl sites for hydroxylation is 16. The predicted molar refractivity (Wildman–Crippen MR) is 575 cm³/mol. The Kier molecular flexibility index (Phi) is 29.4. The Bertz CT molecular complexity index is 5400. The standard InChI is InChI=1S/C127H162N4/c1-83-47-65-113-111(69-83)112-70-84(2)48-66-114(112)127(113,67-43-39-35-33-37-41-45-97-49-53-105(54-50-97)128(115-85(3)71-99(72-86(115)4)121(15,16)17)107-57-61-109(62-58-107)130(117-89(7)75-101(76-90(117)8)123(21,22)23)118-91(9)77-102(78-92(118)10)124(24,25)26)68-44-40-36-34-38-42-46-98-51-55-106(56-52-98)129(116-87(5)73-100(74-88(116)6)122(18,19)20)108-59-63-110(64-60-108)131(119-93(11)79-103(80-94(119)12)125(27,28)29)120-95(13)81-104(82-96(120)14)126(30,31)32/h47-66,69-82H,33-46,67-68H2,1-32H3. The van der Waals surface area contributed by atoms with Gasteiger partial charge in [-0.25, -0.2) is 0 Å². The number of anilines is 12. The van der Waals surface area contributed by atoms with Gasteiger partial charge in [-0.05, 0) is 374 Å². The van der Waals surface area contributed by atoms with Gasteiger partial charge >= 0.3 is 0 Å². The zero-order valence-electron chi connectivity index (χ0n) is 87.2. The van der Waals surface area contributed by atoms with Gasteiger partial charge in [-0.2, -0.15) is 0 Å². The molecule has 4 nitrogen and oxygen atoms in total. The van der Waals surface area contributed by atoms with E-state index < -0.39 is 0 Å². The van der Waals surface area contributed by atoms with Crippen molar-refractivity contribution >= 4 is 68.2 Å². The highest BCUT2D eigenvalue weighted by molar-refractivity contribution is 5.90. The molecule has 0 atom stereocenters. The maximum Gasteiger partial charge on any atom is 0.0520 e.